The second-order valence-corrected chi connectivity index (χ2v) is 10.3. The van der Waals surface area contributed by atoms with E-state index in [0.717, 1.165) is 34.3 Å². The molecule has 1 atom stereocenters. The zero-order chi connectivity index (χ0) is 25.9. The van der Waals surface area contributed by atoms with Gasteiger partial charge in [-0.3, -0.25) is 9.69 Å². The fraction of sp³-hybridized carbons (Fsp3) is 0.0909. The molecule has 1 aliphatic heterocycles. The molecule has 5 aromatic rings. The second kappa shape index (κ2) is 10.6. The third-order valence-corrected chi connectivity index (χ3v) is 7.77. The Bertz CT molecular complexity index is 1640. The van der Waals surface area contributed by atoms with Gasteiger partial charge in [0.1, 0.15) is 0 Å². The molecule has 0 aliphatic carbocycles. The van der Waals surface area contributed by atoms with E-state index < -0.39 is 0 Å². The molecule has 4 aromatic carbocycles. The molecule has 6 rings (SSSR count). The van der Waals surface area contributed by atoms with Crippen LogP contribution >= 0.6 is 11.8 Å². The van der Waals surface area contributed by atoms with E-state index in [1.807, 2.05) is 71.6 Å². The molecule has 1 aromatic heterocycles. The maximum Gasteiger partial charge on any atom is 0.267 e. The minimum Gasteiger partial charge on any atom is -0.342 e. The number of thioether (sulfide) groups is 1. The number of hydrogen-bond acceptors (Lipinski definition) is 3. The van der Waals surface area contributed by atoms with Gasteiger partial charge in [-0.25, -0.2) is 4.99 Å². The summed E-state index contributed by atoms with van der Waals surface area (Å²) in [6.45, 7) is 2.83. The predicted octanol–water partition coefficient (Wildman–Crippen LogP) is 8.05. The number of fused-ring (bicyclic) bond motifs is 1. The standard InChI is InChI=1S/C33H27N3OS/c1-24(26-15-7-3-8-16-26)36-32(37)31(38-33(36)34-28-17-9-4-10-18-28)21-27-23-35(22-25-13-5-2-6-14-25)30-20-12-11-19-29(27)30/h2-21,23-24H,22H2,1H3/b31-21+,34-33?/t24-/m1/s1. The van der Waals surface area contributed by atoms with Crippen LogP contribution in [-0.2, 0) is 11.3 Å². The van der Waals surface area contributed by atoms with Crippen LogP contribution < -0.4 is 0 Å². The van der Waals surface area contributed by atoms with Gasteiger partial charge >= 0.3 is 0 Å². The van der Waals surface area contributed by atoms with Crippen LogP contribution in [0.1, 0.15) is 29.7 Å². The lowest BCUT2D eigenvalue weighted by atomic mass is 10.1. The molecule has 0 unspecified atom stereocenters. The molecule has 0 saturated carbocycles. The molecule has 1 fully saturated rings. The van der Waals surface area contributed by atoms with E-state index in [1.165, 1.54) is 17.3 Å². The molecule has 38 heavy (non-hydrogen) atoms. The van der Waals surface area contributed by atoms with Crippen molar-refractivity contribution in [3.8, 4) is 0 Å². The quantitative estimate of drug-likeness (QED) is 0.215. The van der Waals surface area contributed by atoms with Gasteiger partial charge < -0.3 is 4.57 Å². The summed E-state index contributed by atoms with van der Waals surface area (Å²) < 4.78 is 2.25. The average Bonchev–Trinajstić information content (AvgIpc) is 3.46. The molecular weight excluding hydrogens is 486 g/mol. The Morgan fingerprint density at radius 3 is 2.18 bits per heavy atom. The number of nitrogens with zero attached hydrogens (tertiary/aromatic N) is 3. The molecule has 4 nitrogen and oxygen atoms in total. The third kappa shape index (κ3) is 4.81. The Balaban J connectivity index is 1.41. The molecule has 0 spiro atoms. The Kier molecular flexibility index (Phi) is 6.67. The smallest absolute Gasteiger partial charge is 0.267 e. The number of aromatic nitrogens is 1. The first-order valence-corrected chi connectivity index (χ1v) is 13.5. The van der Waals surface area contributed by atoms with Gasteiger partial charge in [0.15, 0.2) is 5.17 Å². The zero-order valence-electron chi connectivity index (χ0n) is 21.1. The van der Waals surface area contributed by atoms with Crippen molar-refractivity contribution in [1.82, 2.24) is 9.47 Å². The van der Waals surface area contributed by atoms with E-state index in [9.17, 15) is 4.79 Å². The van der Waals surface area contributed by atoms with Crippen LogP contribution in [0, 0.1) is 0 Å². The molecule has 5 heteroatoms. The van der Waals surface area contributed by atoms with Gasteiger partial charge in [0.2, 0.25) is 0 Å². The van der Waals surface area contributed by atoms with Crippen LogP contribution in [0.15, 0.2) is 131 Å². The molecule has 0 radical (unpaired) electrons. The fourth-order valence-electron chi connectivity index (χ4n) is 4.84. The predicted molar refractivity (Wildman–Crippen MR) is 158 cm³/mol. The minimum absolute atomic E-state index is 0.0269. The first-order valence-electron chi connectivity index (χ1n) is 12.7. The normalized spacial score (nSPS) is 16.6. The first-order chi connectivity index (χ1) is 18.7. The number of hydrogen-bond donors (Lipinski definition) is 0. The van der Waals surface area contributed by atoms with Crippen molar-refractivity contribution in [2.45, 2.75) is 19.5 Å². The summed E-state index contributed by atoms with van der Waals surface area (Å²) in [6.07, 6.45) is 4.17. The maximum atomic E-state index is 13.9. The zero-order valence-corrected chi connectivity index (χ0v) is 21.9. The van der Waals surface area contributed by atoms with E-state index in [4.69, 9.17) is 4.99 Å². The topological polar surface area (TPSA) is 37.6 Å². The average molecular weight is 514 g/mol. The monoisotopic (exact) mass is 513 g/mol. The summed E-state index contributed by atoms with van der Waals surface area (Å²) in [6, 6.07) is 38.6. The van der Waals surface area contributed by atoms with Crippen molar-refractivity contribution in [2.24, 2.45) is 4.99 Å². The summed E-state index contributed by atoms with van der Waals surface area (Å²) in [5.41, 5.74) is 5.31. The van der Waals surface area contributed by atoms with Crippen LogP contribution in [0.2, 0.25) is 0 Å². The number of carbonyl (C=O) groups is 1. The van der Waals surface area contributed by atoms with Crippen LogP contribution in [0.5, 0.6) is 0 Å². The van der Waals surface area contributed by atoms with Gasteiger partial charge in [-0.1, -0.05) is 97.1 Å². The summed E-state index contributed by atoms with van der Waals surface area (Å²) in [4.78, 5) is 21.3. The highest BCUT2D eigenvalue weighted by Crippen LogP contribution is 2.40. The van der Waals surface area contributed by atoms with E-state index >= 15 is 0 Å². The lowest BCUT2D eigenvalue weighted by molar-refractivity contribution is -0.123. The highest BCUT2D eigenvalue weighted by molar-refractivity contribution is 8.18. The van der Waals surface area contributed by atoms with Crippen molar-refractivity contribution >= 4 is 45.5 Å². The Labute approximate surface area is 227 Å². The summed E-state index contributed by atoms with van der Waals surface area (Å²) in [7, 11) is 0. The number of rotatable bonds is 6. The minimum atomic E-state index is -0.149. The number of amides is 1. The van der Waals surface area contributed by atoms with Crippen molar-refractivity contribution in [3.05, 3.63) is 143 Å². The second-order valence-electron chi connectivity index (χ2n) is 9.32. The molecule has 1 saturated heterocycles. The lowest BCUT2D eigenvalue weighted by Gasteiger charge is -2.24. The van der Waals surface area contributed by atoms with Crippen LogP contribution in [0.25, 0.3) is 17.0 Å². The van der Waals surface area contributed by atoms with E-state index in [-0.39, 0.29) is 11.9 Å². The summed E-state index contributed by atoms with van der Waals surface area (Å²) >= 11 is 1.44. The number of para-hydroxylation sites is 2. The lowest BCUT2D eigenvalue weighted by Crippen LogP contribution is -2.32. The molecule has 1 aliphatic rings. The Morgan fingerprint density at radius 2 is 1.45 bits per heavy atom. The molecule has 1 amide bonds. The number of amidine groups is 1. The van der Waals surface area contributed by atoms with Crippen molar-refractivity contribution in [3.63, 3.8) is 0 Å². The SMILES string of the molecule is C[C@H](c1ccccc1)N1C(=O)/C(=C\c2cn(Cc3ccccc3)c3ccccc23)SC1=Nc1ccccc1. The van der Waals surface area contributed by atoms with E-state index in [1.54, 1.807) is 0 Å². The van der Waals surface area contributed by atoms with Gasteiger partial charge in [-0.2, -0.15) is 0 Å². The van der Waals surface area contributed by atoms with Gasteiger partial charge in [0, 0.05) is 29.2 Å². The summed E-state index contributed by atoms with van der Waals surface area (Å²) in [5.74, 6) is -0.0269. The molecular formula is C33H27N3OS. The van der Waals surface area contributed by atoms with Crippen LogP contribution in [0.4, 0.5) is 5.69 Å². The number of aliphatic imine (C=N–C) groups is 1. The fourth-order valence-corrected chi connectivity index (χ4v) is 5.90. The molecule has 186 valence electrons. The largest absolute Gasteiger partial charge is 0.342 e. The third-order valence-electron chi connectivity index (χ3n) is 6.79. The summed E-state index contributed by atoms with van der Waals surface area (Å²) in [5, 5.41) is 1.82. The van der Waals surface area contributed by atoms with Crippen LogP contribution in [0.3, 0.4) is 0 Å². The molecule has 0 N–H and O–H groups in total. The highest BCUT2D eigenvalue weighted by atomic mass is 32.2. The van der Waals surface area contributed by atoms with Gasteiger partial charge in [-0.15, -0.1) is 0 Å². The highest BCUT2D eigenvalue weighted by Gasteiger charge is 2.37. The molecule has 2 heterocycles. The Morgan fingerprint density at radius 1 is 0.816 bits per heavy atom. The van der Waals surface area contributed by atoms with Crippen molar-refractivity contribution in [1.29, 1.82) is 0 Å². The van der Waals surface area contributed by atoms with E-state index in [0.29, 0.717) is 10.1 Å². The van der Waals surface area contributed by atoms with Gasteiger partial charge in [-0.05, 0) is 54.1 Å². The van der Waals surface area contributed by atoms with Crippen molar-refractivity contribution in [2.75, 3.05) is 0 Å². The number of carbonyl (C=O) groups excluding carboxylic acids is 1. The van der Waals surface area contributed by atoms with Gasteiger partial charge in [0.25, 0.3) is 5.91 Å². The maximum absolute atomic E-state index is 13.9. The van der Waals surface area contributed by atoms with Crippen LogP contribution in [-0.4, -0.2) is 20.5 Å². The molecule has 0 bridgehead atoms. The number of benzene rings is 4. The van der Waals surface area contributed by atoms with Crippen molar-refractivity contribution < 1.29 is 4.79 Å². The van der Waals surface area contributed by atoms with E-state index in [2.05, 4.69) is 72.3 Å². The Hall–Kier alpha value is -4.35. The first kappa shape index (κ1) is 24.0. The van der Waals surface area contributed by atoms with Gasteiger partial charge in [0.05, 0.1) is 16.6 Å².